The quantitative estimate of drug-likeness (QED) is 0.836. The zero-order chi connectivity index (χ0) is 17.7. The number of nitrogens with zero attached hydrogens (tertiary/aromatic N) is 1. The van der Waals surface area contributed by atoms with Gasteiger partial charge in [-0.15, -0.1) is 0 Å². The molecule has 1 amide bonds. The van der Waals surface area contributed by atoms with Gasteiger partial charge in [0, 0.05) is 37.6 Å². The Morgan fingerprint density at radius 1 is 1.29 bits per heavy atom. The molecule has 1 aliphatic heterocycles. The predicted octanol–water partition coefficient (Wildman–Crippen LogP) is 2.08. The largest absolute Gasteiger partial charge is 0.373 e. The summed E-state index contributed by atoms with van der Waals surface area (Å²) in [5.41, 5.74) is 7.00. The van der Waals surface area contributed by atoms with Crippen LogP contribution in [0.1, 0.15) is 45.7 Å². The normalized spacial score (nSPS) is 23.7. The average molecular weight is 333 g/mol. The van der Waals surface area contributed by atoms with Crippen molar-refractivity contribution >= 4 is 5.91 Å². The minimum atomic E-state index is -0.266. The standard InChI is InChI=1S/C19H31N3O2/c1-14-11-22(12-15(2)24-14)19(3,4)13-21-18(23)10-17(20)16-8-6-5-7-9-16/h5-9,14-15,17H,10-13,20H2,1-4H3,(H,21,23). The first kappa shape index (κ1) is 18.9. The number of benzene rings is 1. The van der Waals surface area contributed by atoms with E-state index in [9.17, 15) is 4.79 Å². The fraction of sp³-hybridized carbons (Fsp3) is 0.632. The SMILES string of the molecule is CC1CN(C(C)(C)CNC(=O)CC(N)c2ccccc2)CC(C)O1. The van der Waals surface area contributed by atoms with Gasteiger partial charge in [0.2, 0.25) is 5.91 Å². The molecule has 5 nitrogen and oxygen atoms in total. The van der Waals surface area contributed by atoms with Crippen LogP contribution in [-0.4, -0.2) is 48.2 Å². The van der Waals surface area contributed by atoms with Crippen molar-refractivity contribution in [2.75, 3.05) is 19.6 Å². The lowest BCUT2D eigenvalue weighted by molar-refractivity contribution is -0.123. The molecule has 0 spiro atoms. The highest BCUT2D eigenvalue weighted by Crippen LogP contribution is 2.21. The van der Waals surface area contributed by atoms with Crippen LogP contribution >= 0.6 is 0 Å². The Labute approximate surface area is 145 Å². The monoisotopic (exact) mass is 333 g/mol. The number of nitrogens with two attached hydrogens (primary N) is 1. The summed E-state index contributed by atoms with van der Waals surface area (Å²) in [7, 11) is 0. The van der Waals surface area contributed by atoms with Crippen molar-refractivity contribution < 1.29 is 9.53 Å². The molecule has 134 valence electrons. The number of ether oxygens (including phenoxy) is 1. The van der Waals surface area contributed by atoms with Gasteiger partial charge >= 0.3 is 0 Å². The molecule has 0 aromatic heterocycles. The van der Waals surface area contributed by atoms with Crippen molar-refractivity contribution in [3.63, 3.8) is 0 Å². The Bertz CT molecular complexity index is 523. The molecule has 0 saturated carbocycles. The van der Waals surface area contributed by atoms with Crippen molar-refractivity contribution in [3.8, 4) is 0 Å². The van der Waals surface area contributed by atoms with Crippen molar-refractivity contribution in [2.24, 2.45) is 5.73 Å². The lowest BCUT2D eigenvalue weighted by Gasteiger charge is -2.45. The van der Waals surface area contributed by atoms with Crippen LogP contribution in [0, 0.1) is 0 Å². The summed E-state index contributed by atoms with van der Waals surface area (Å²) in [6.07, 6.45) is 0.737. The molecular weight excluding hydrogens is 302 g/mol. The number of carbonyl (C=O) groups excluding carboxylic acids is 1. The molecule has 1 fully saturated rings. The second-order valence-corrected chi connectivity index (χ2v) is 7.47. The molecule has 3 N–H and O–H groups in total. The van der Waals surface area contributed by atoms with Crippen LogP contribution < -0.4 is 11.1 Å². The highest BCUT2D eigenvalue weighted by Gasteiger charge is 2.33. The summed E-state index contributed by atoms with van der Waals surface area (Å²) in [6, 6.07) is 9.48. The van der Waals surface area contributed by atoms with Gasteiger partial charge in [0.1, 0.15) is 0 Å². The van der Waals surface area contributed by atoms with E-state index in [-0.39, 0.29) is 29.7 Å². The van der Waals surface area contributed by atoms with E-state index < -0.39 is 0 Å². The number of amides is 1. The van der Waals surface area contributed by atoms with Crippen LogP contribution in [0.5, 0.6) is 0 Å². The van der Waals surface area contributed by atoms with E-state index in [0.29, 0.717) is 13.0 Å². The minimum Gasteiger partial charge on any atom is -0.373 e. The van der Waals surface area contributed by atoms with Gasteiger partial charge < -0.3 is 15.8 Å². The first-order valence-corrected chi connectivity index (χ1v) is 8.75. The molecule has 5 heteroatoms. The van der Waals surface area contributed by atoms with E-state index in [1.54, 1.807) is 0 Å². The number of nitrogens with one attached hydrogen (secondary N) is 1. The molecule has 1 aromatic carbocycles. The van der Waals surface area contributed by atoms with E-state index in [4.69, 9.17) is 10.5 Å². The van der Waals surface area contributed by atoms with Crippen molar-refractivity contribution in [1.29, 1.82) is 0 Å². The number of carbonyl (C=O) groups is 1. The van der Waals surface area contributed by atoms with E-state index in [1.807, 2.05) is 30.3 Å². The second kappa shape index (κ2) is 8.10. The van der Waals surface area contributed by atoms with Crippen LogP contribution in [0.25, 0.3) is 0 Å². The van der Waals surface area contributed by atoms with Gasteiger partial charge in [-0.05, 0) is 33.3 Å². The van der Waals surface area contributed by atoms with Gasteiger partial charge in [-0.1, -0.05) is 30.3 Å². The zero-order valence-corrected chi connectivity index (χ0v) is 15.3. The molecule has 1 aliphatic rings. The third kappa shape index (κ3) is 5.30. The van der Waals surface area contributed by atoms with E-state index in [0.717, 1.165) is 18.7 Å². The third-order valence-electron chi connectivity index (χ3n) is 4.63. The molecule has 1 heterocycles. The molecule has 24 heavy (non-hydrogen) atoms. The molecule has 1 aromatic rings. The zero-order valence-electron chi connectivity index (χ0n) is 15.3. The third-order valence-corrected chi connectivity index (χ3v) is 4.63. The van der Waals surface area contributed by atoms with Crippen LogP contribution in [0.4, 0.5) is 0 Å². The summed E-state index contributed by atoms with van der Waals surface area (Å²) in [6.45, 7) is 10.9. The lowest BCUT2D eigenvalue weighted by Crippen LogP contribution is -2.58. The van der Waals surface area contributed by atoms with Gasteiger partial charge in [0.15, 0.2) is 0 Å². The number of morpholine rings is 1. The van der Waals surface area contributed by atoms with Crippen LogP contribution in [0.2, 0.25) is 0 Å². The number of rotatable bonds is 6. The Kier molecular flexibility index (Phi) is 6.38. The maximum Gasteiger partial charge on any atom is 0.221 e. The Hall–Kier alpha value is -1.43. The Balaban J connectivity index is 1.83. The fourth-order valence-electron chi connectivity index (χ4n) is 3.19. The molecule has 0 aliphatic carbocycles. The molecule has 1 saturated heterocycles. The van der Waals surface area contributed by atoms with Gasteiger partial charge in [-0.3, -0.25) is 9.69 Å². The lowest BCUT2D eigenvalue weighted by atomic mass is 9.99. The van der Waals surface area contributed by atoms with Crippen molar-refractivity contribution in [1.82, 2.24) is 10.2 Å². The van der Waals surface area contributed by atoms with Gasteiger partial charge in [0.25, 0.3) is 0 Å². The minimum absolute atomic E-state index is 0.00576. The van der Waals surface area contributed by atoms with Gasteiger partial charge in [-0.2, -0.15) is 0 Å². The summed E-state index contributed by atoms with van der Waals surface area (Å²) in [4.78, 5) is 14.6. The topological polar surface area (TPSA) is 67.6 Å². The maximum atomic E-state index is 12.3. The smallest absolute Gasteiger partial charge is 0.221 e. The molecule has 0 radical (unpaired) electrons. The first-order chi connectivity index (χ1) is 11.3. The van der Waals surface area contributed by atoms with Crippen molar-refractivity contribution in [2.45, 2.75) is 57.9 Å². The summed E-state index contributed by atoms with van der Waals surface area (Å²) in [5, 5.41) is 3.05. The summed E-state index contributed by atoms with van der Waals surface area (Å²) in [5.74, 6) is -0.00576. The van der Waals surface area contributed by atoms with Crippen molar-refractivity contribution in [3.05, 3.63) is 35.9 Å². The summed E-state index contributed by atoms with van der Waals surface area (Å²) < 4.78 is 5.79. The first-order valence-electron chi connectivity index (χ1n) is 8.75. The van der Waals surface area contributed by atoms with Crippen LogP contribution in [0.15, 0.2) is 30.3 Å². The number of hydrogen-bond donors (Lipinski definition) is 2. The van der Waals surface area contributed by atoms with E-state index >= 15 is 0 Å². The molecule has 0 bridgehead atoms. The predicted molar refractivity (Wildman–Crippen MR) is 96.7 cm³/mol. The molecule has 3 atom stereocenters. The fourth-order valence-corrected chi connectivity index (χ4v) is 3.19. The average Bonchev–Trinajstić information content (AvgIpc) is 2.53. The number of hydrogen-bond acceptors (Lipinski definition) is 4. The Morgan fingerprint density at radius 3 is 2.46 bits per heavy atom. The molecule has 2 rings (SSSR count). The molecule has 3 unspecified atom stereocenters. The summed E-state index contributed by atoms with van der Waals surface area (Å²) >= 11 is 0. The Morgan fingerprint density at radius 2 is 1.88 bits per heavy atom. The second-order valence-electron chi connectivity index (χ2n) is 7.47. The maximum absolute atomic E-state index is 12.3. The van der Waals surface area contributed by atoms with Crippen LogP contribution in [0.3, 0.4) is 0 Å². The highest BCUT2D eigenvalue weighted by molar-refractivity contribution is 5.76. The van der Waals surface area contributed by atoms with Crippen LogP contribution in [-0.2, 0) is 9.53 Å². The molecular formula is C19H31N3O2. The van der Waals surface area contributed by atoms with E-state index in [1.165, 1.54) is 0 Å². The van der Waals surface area contributed by atoms with Gasteiger partial charge in [0.05, 0.1) is 12.2 Å². The van der Waals surface area contributed by atoms with Gasteiger partial charge in [-0.25, -0.2) is 0 Å². The highest BCUT2D eigenvalue weighted by atomic mass is 16.5. The van der Waals surface area contributed by atoms with E-state index in [2.05, 4.69) is 37.9 Å².